The molecule has 0 unspecified atom stereocenters. The first-order chi connectivity index (χ1) is 9.66. The van der Waals surface area contributed by atoms with Crippen LogP contribution in [-0.2, 0) is 6.54 Å². The SMILES string of the molecule is O=C(c1ncn[nH]1)N(Cc1c(F)cccc1Cl)C1CC1. The van der Waals surface area contributed by atoms with Crippen LogP contribution in [0.3, 0.4) is 0 Å². The van der Waals surface area contributed by atoms with E-state index in [1.807, 2.05) is 0 Å². The number of carbonyl (C=O) groups excluding carboxylic acids is 1. The first kappa shape index (κ1) is 13.1. The summed E-state index contributed by atoms with van der Waals surface area (Å²) in [4.78, 5) is 17.8. The zero-order valence-electron chi connectivity index (χ0n) is 10.5. The van der Waals surface area contributed by atoms with Gasteiger partial charge in [-0.3, -0.25) is 9.89 Å². The second-order valence-electron chi connectivity index (χ2n) is 4.70. The van der Waals surface area contributed by atoms with E-state index in [1.165, 1.54) is 12.4 Å². The van der Waals surface area contributed by atoms with Gasteiger partial charge >= 0.3 is 0 Å². The van der Waals surface area contributed by atoms with Gasteiger partial charge in [0.05, 0.1) is 6.54 Å². The zero-order valence-corrected chi connectivity index (χ0v) is 11.3. The lowest BCUT2D eigenvalue weighted by atomic mass is 10.2. The van der Waals surface area contributed by atoms with Gasteiger partial charge in [-0.15, -0.1) is 0 Å². The van der Waals surface area contributed by atoms with Crippen molar-refractivity contribution in [3.8, 4) is 0 Å². The van der Waals surface area contributed by atoms with Crippen molar-refractivity contribution in [2.75, 3.05) is 0 Å². The van der Waals surface area contributed by atoms with Gasteiger partial charge in [-0.2, -0.15) is 5.10 Å². The summed E-state index contributed by atoms with van der Waals surface area (Å²) in [5.74, 6) is -0.540. The van der Waals surface area contributed by atoms with Crippen molar-refractivity contribution in [3.05, 3.63) is 46.8 Å². The molecule has 0 radical (unpaired) electrons. The molecule has 7 heteroatoms. The fourth-order valence-corrected chi connectivity index (χ4v) is 2.27. The number of nitrogens with one attached hydrogen (secondary N) is 1. The molecule has 1 amide bonds. The third kappa shape index (κ3) is 2.51. The fraction of sp³-hybridized carbons (Fsp3) is 0.308. The Bertz CT molecular complexity index is 607. The highest BCUT2D eigenvalue weighted by atomic mass is 35.5. The monoisotopic (exact) mass is 294 g/mol. The van der Waals surface area contributed by atoms with Crippen molar-refractivity contribution < 1.29 is 9.18 Å². The molecule has 1 aromatic heterocycles. The Morgan fingerprint density at radius 3 is 2.90 bits per heavy atom. The maximum Gasteiger partial charge on any atom is 0.291 e. The van der Waals surface area contributed by atoms with Crippen LogP contribution in [0.15, 0.2) is 24.5 Å². The molecule has 1 N–H and O–H groups in total. The minimum atomic E-state index is -0.409. The minimum absolute atomic E-state index is 0.114. The molecule has 3 rings (SSSR count). The van der Waals surface area contributed by atoms with Gasteiger partial charge in [0, 0.05) is 16.6 Å². The number of carbonyl (C=O) groups is 1. The molecular formula is C13H12ClFN4O. The number of hydrogen-bond acceptors (Lipinski definition) is 3. The lowest BCUT2D eigenvalue weighted by Crippen LogP contribution is -2.33. The van der Waals surface area contributed by atoms with Crippen LogP contribution in [0.4, 0.5) is 4.39 Å². The van der Waals surface area contributed by atoms with Gasteiger partial charge in [-0.25, -0.2) is 9.37 Å². The molecule has 0 spiro atoms. The molecule has 0 aliphatic heterocycles. The third-order valence-corrected chi connectivity index (χ3v) is 3.61. The van der Waals surface area contributed by atoms with Crippen molar-refractivity contribution >= 4 is 17.5 Å². The van der Waals surface area contributed by atoms with Crippen LogP contribution in [0.25, 0.3) is 0 Å². The Kier molecular flexibility index (Phi) is 3.40. The van der Waals surface area contributed by atoms with E-state index in [0.717, 1.165) is 12.8 Å². The van der Waals surface area contributed by atoms with Crippen molar-refractivity contribution in [3.63, 3.8) is 0 Å². The highest BCUT2D eigenvalue weighted by molar-refractivity contribution is 6.31. The lowest BCUT2D eigenvalue weighted by molar-refractivity contribution is 0.0716. The summed E-state index contributed by atoms with van der Waals surface area (Å²) < 4.78 is 13.8. The summed E-state index contributed by atoms with van der Waals surface area (Å²) >= 11 is 6.01. The maximum atomic E-state index is 13.8. The molecule has 1 fully saturated rings. The average Bonchev–Trinajstić information content (AvgIpc) is 3.11. The fourth-order valence-electron chi connectivity index (χ4n) is 2.05. The largest absolute Gasteiger partial charge is 0.328 e. The molecule has 1 saturated carbocycles. The number of aromatic amines is 1. The first-order valence-corrected chi connectivity index (χ1v) is 6.64. The van der Waals surface area contributed by atoms with Gasteiger partial charge in [0.2, 0.25) is 5.82 Å². The van der Waals surface area contributed by atoms with E-state index in [0.29, 0.717) is 10.6 Å². The number of rotatable bonds is 4. The van der Waals surface area contributed by atoms with Gasteiger partial charge in [-0.05, 0) is 25.0 Å². The second kappa shape index (κ2) is 5.20. The van der Waals surface area contributed by atoms with E-state index in [2.05, 4.69) is 15.2 Å². The number of H-pyrrole nitrogens is 1. The predicted octanol–water partition coefficient (Wildman–Crippen LogP) is 2.40. The van der Waals surface area contributed by atoms with Gasteiger partial charge < -0.3 is 4.90 Å². The number of benzene rings is 1. The molecule has 0 atom stereocenters. The number of halogens is 2. The van der Waals surface area contributed by atoms with Gasteiger partial charge in [0.15, 0.2) is 0 Å². The van der Waals surface area contributed by atoms with Crippen LogP contribution in [0.5, 0.6) is 0 Å². The van der Waals surface area contributed by atoms with E-state index in [9.17, 15) is 9.18 Å². The number of amides is 1. The van der Waals surface area contributed by atoms with Crippen LogP contribution < -0.4 is 0 Å². The van der Waals surface area contributed by atoms with Crippen molar-refractivity contribution in [2.24, 2.45) is 0 Å². The van der Waals surface area contributed by atoms with Crippen molar-refractivity contribution in [2.45, 2.75) is 25.4 Å². The molecule has 1 heterocycles. The van der Waals surface area contributed by atoms with Crippen LogP contribution in [0, 0.1) is 5.82 Å². The topological polar surface area (TPSA) is 61.9 Å². The zero-order chi connectivity index (χ0) is 14.1. The van der Waals surface area contributed by atoms with Crippen LogP contribution in [0.2, 0.25) is 5.02 Å². The van der Waals surface area contributed by atoms with Gasteiger partial charge in [-0.1, -0.05) is 17.7 Å². The molecule has 5 nitrogen and oxygen atoms in total. The highest BCUT2D eigenvalue weighted by Gasteiger charge is 2.35. The number of aromatic nitrogens is 3. The summed E-state index contributed by atoms with van der Waals surface area (Å²) in [5.41, 5.74) is 0.328. The standard InChI is InChI=1S/C13H12ClFN4O/c14-10-2-1-3-11(15)9(10)6-19(8-4-5-8)13(20)12-16-7-17-18-12/h1-3,7-8H,4-6H2,(H,16,17,18). The Labute approximate surface area is 119 Å². The summed E-state index contributed by atoms with van der Waals surface area (Å²) in [7, 11) is 0. The highest BCUT2D eigenvalue weighted by Crippen LogP contribution is 2.31. The molecular weight excluding hydrogens is 283 g/mol. The molecule has 0 bridgehead atoms. The molecule has 0 saturated heterocycles. The van der Waals surface area contributed by atoms with Gasteiger partial charge in [0.25, 0.3) is 5.91 Å². The van der Waals surface area contributed by atoms with Crippen LogP contribution in [0.1, 0.15) is 29.0 Å². The van der Waals surface area contributed by atoms with E-state index in [-0.39, 0.29) is 24.3 Å². The van der Waals surface area contributed by atoms with Crippen LogP contribution >= 0.6 is 11.6 Å². The summed E-state index contributed by atoms with van der Waals surface area (Å²) in [5, 5.41) is 6.52. The van der Waals surface area contributed by atoms with Crippen molar-refractivity contribution in [1.82, 2.24) is 20.1 Å². The quantitative estimate of drug-likeness (QED) is 0.942. The van der Waals surface area contributed by atoms with Gasteiger partial charge in [0.1, 0.15) is 12.1 Å². The molecule has 104 valence electrons. The van der Waals surface area contributed by atoms with E-state index < -0.39 is 5.82 Å². The van der Waals surface area contributed by atoms with E-state index >= 15 is 0 Å². The molecule has 1 aromatic carbocycles. The van der Waals surface area contributed by atoms with Crippen LogP contribution in [-0.4, -0.2) is 32.0 Å². The Balaban J connectivity index is 1.87. The number of hydrogen-bond donors (Lipinski definition) is 1. The van der Waals surface area contributed by atoms with Crippen molar-refractivity contribution in [1.29, 1.82) is 0 Å². The normalized spacial score (nSPS) is 14.3. The molecule has 20 heavy (non-hydrogen) atoms. The summed E-state index contributed by atoms with van der Waals surface area (Å²) in [6.07, 6.45) is 3.09. The third-order valence-electron chi connectivity index (χ3n) is 3.26. The molecule has 1 aliphatic carbocycles. The maximum absolute atomic E-state index is 13.8. The summed E-state index contributed by atoms with van der Waals surface area (Å²) in [6.45, 7) is 0.135. The number of nitrogens with zero attached hydrogens (tertiary/aromatic N) is 3. The first-order valence-electron chi connectivity index (χ1n) is 6.26. The smallest absolute Gasteiger partial charge is 0.291 e. The second-order valence-corrected chi connectivity index (χ2v) is 5.11. The Hall–Kier alpha value is -1.95. The Morgan fingerprint density at radius 2 is 2.30 bits per heavy atom. The predicted molar refractivity (Wildman–Crippen MR) is 70.7 cm³/mol. The molecule has 1 aliphatic rings. The van der Waals surface area contributed by atoms with E-state index in [4.69, 9.17) is 11.6 Å². The summed E-state index contributed by atoms with van der Waals surface area (Å²) in [6, 6.07) is 4.61. The lowest BCUT2D eigenvalue weighted by Gasteiger charge is -2.22. The minimum Gasteiger partial charge on any atom is -0.328 e. The van der Waals surface area contributed by atoms with E-state index in [1.54, 1.807) is 17.0 Å². The Morgan fingerprint density at radius 1 is 1.50 bits per heavy atom. The average molecular weight is 295 g/mol. The molecule has 2 aromatic rings.